The Bertz CT molecular complexity index is 1080. The number of aromatic nitrogens is 2. The summed E-state index contributed by atoms with van der Waals surface area (Å²) in [4.78, 5) is 35.7. The van der Waals surface area contributed by atoms with Crippen molar-refractivity contribution in [3.05, 3.63) is 72.1 Å². The molecule has 0 bridgehead atoms. The summed E-state index contributed by atoms with van der Waals surface area (Å²) in [7, 11) is 1.32. The predicted molar refractivity (Wildman–Crippen MR) is 119 cm³/mol. The summed E-state index contributed by atoms with van der Waals surface area (Å²) in [5, 5.41) is 2.82. The fraction of sp³-hybridized carbons (Fsp3) is 0.250. The first-order chi connectivity index (χ1) is 15.2. The smallest absolute Gasteiger partial charge is 0.337 e. The van der Waals surface area contributed by atoms with Gasteiger partial charge in [0.25, 0.3) is 5.91 Å². The number of nitrogens with zero attached hydrogens (tertiary/aromatic N) is 3. The van der Waals surface area contributed by atoms with E-state index in [4.69, 9.17) is 4.74 Å². The van der Waals surface area contributed by atoms with Gasteiger partial charge < -0.3 is 15.0 Å². The van der Waals surface area contributed by atoms with Crippen LogP contribution < -0.4 is 10.2 Å². The Labute approximate surface area is 181 Å². The van der Waals surface area contributed by atoms with Crippen LogP contribution in [-0.4, -0.2) is 42.0 Å². The summed E-state index contributed by atoms with van der Waals surface area (Å²) in [6.45, 7) is 1.97. The third-order valence-corrected chi connectivity index (χ3v) is 5.30. The van der Waals surface area contributed by atoms with Crippen molar-refractivity contribution in [2.45, 2.75) is 19.3 Å². The minimum atomic E-state index is -0.450. The van der Waals surface area contributed by atoms with Crippen molar-refractivity contribution in [2.24, 2.45) is 0 Å². The van der Waals surface area contributed by atoms with E-state index < -0.39 is 5.97 Å². The van der Waals surface area contributed by atoms with Crippen LogP contribution in [0.2, 0.25) is 0 Å². The Morgan fingerprint density at radius 3 is 2.42 bits per heavy atom. The largest absolute Gasteiger partial charge is 0.465 e. The molecule has 1 aliphatic heterocycles. The van der Waals surface area contributed by atoms with Crippen molar-refractivity contribution in [3.8, 4) is 11.3 Å². The highest BCUT2D eigenvalue weighted by Gasteiger charge is 2.18. The summed E-state index contributed by atoms with van der Waals surface area (Å²) >= 11 is 0. The molecule has 7 nitrogen and oxygen atoms in total. The van der Waals surface area contributed by atoms with E-state index in [-0.39, 0.29) is 5.91 Å². The molecule has 0 radical (unpaired) electrons. The Hall–Kier alpha value is -3.74. The number of hydrogen-bond acceptors (Lipinski definition) is 6. The molecule has 0 spiro atoms. The molecule has 158 valence electrons. The van der Waals surface area contributed by atoms with Crippen molar-refractivity contribution in [2.75, 3.05) is 30.4 Å². The Balaban J connectivity index is 1.51. The molecule has 1 aromatic heterocycles. The van der Waals surface area contributed by atoms with E-state index in [1.54, 1.807) is 48.8 Å². The molecule has 2 heterocycles. The number of methoxy groups -OCH3 is 1. The number of carbonyl (C=O) groups is 2. The summed E-state index contributed by atoms with van der Waals surface area (Å²) in [6, 6.07) is 13.9. The molecule has 0 saturated carbocycles. The summed E-state index contributed by atoms with van der Waals surface area (Å²) in [5.74, 6) is 0.178. The van der Waals surface area contributed by atoms with Crippen molar-refractivity contribution in [1.82, 2.24) is 9.97 Å². The number of nitrogens with one attached hydrogen (secondary N) is 1. The summed E-state index contributed by atoms with van der Waals surface area (Å²) in [6.07, 6.45) is 6.98. The monoisotopic (exact) mass is 416 g/mol. The van der Waals surface area contributed by atoms with Crippen LogP contribution in [0.15, 0.2) is 60.9 Å². The van der Waals surface area contributed by atoms with Crippen molar-refractivity contribution in [1.29, 1.82) is 0 Å². The van der Waals surface area contributed by atoms with Gasteiger partial charge in [-0.15, -0.1) is 0 Å². The Kier molecular flexibility index (Phi) is 6.21. The van der Waals surface area contributed by atoms with Crippen LogP contribution in [0.3, 0.4) is 0 Å². The molecule has 31 heavy (non-hydrogen) atoms. The van der Waals surface area contributed by atoms with Crippen LogP contribution in [0.4, 0.5) is 11.5 Å². The molecular formula is C24H24N4O3. The molecule has 1 fully saturated rings. The van der Waals surface area contributed by atoms with Crippen molar-refractivity contribution in [3.63, 3.8) is 0 Å². The second-order valence-electron chi connectivity index (χ2n) is 7.38. The normalized spacial score (nSPS) is 13.5. The standard InChI is InChI=1S/C24H24N4O3/c1-31-24(30)19-6-5-7-20(16-19)27-23(29)18-10-8-17(9-11-18)21-22(26-13-12-25-21)28-14-3-2-4-15-28/h5-13,16H,2-4,14-15H2,1H3,(H,27,29). The molecule has 1 saturated heterocycles. The number of esters is 1. The highest BCUT2D eigenvalue weighted by Crippen LogP contribution is 2.29. The van der Waals surface area contributed by atoms with Crippen LogP contribution in [-0.2, 0) is 4.74 Å². The number of hydrogen-bond donors (Lipinski definition) is 1. The minimum absolute atomic E-state index is 0.260. The van der Waals surface area contributed by atoms with Crippen LogP contribution in [0.25, 0.3) is 11.3 Å². The molecule has 2 aromatic carbocycles. The second kappa shape index (κ2) is 9.38. The van der Waals surface area contributed by atoms with Gasteiger partial charge in [-0.25, -0.2) is 9.78 Å². The van der Waals surface area contributed by atoms with E-state index in [2.05, 4.69) is 20.2 Å². The van der Waals surface area contributed by atoms with Gasteiger partial charge in [-0.2, -0.15) is 0 Å². The zero-order valence-electron chi connectivity index (χ0n) is 17.4. The first kappa shape index (κ1) is 20.5. The van der Waals surface area contributed by atoms with Gasteiger partial charge in [0.15, 0.2) is 5.82 Å². The van der Waals surface area contributed by atoms with Crippen molar-refractivity contribution >= 4 is 23.4 Å². The topological polar surface area (TPSA) is 84.4 Å². The molecule has 0 aliphatic carbocycles. The number of amides is 1. The average Bonchev–Trinajstić information content (AvgIpc) is 2.84. The maximum atomic E-state index is 12.7. The summed E-state index contributed by atoms with van der Waals surface area (Å²) < 4.78 is 4.72. The number of ether oxygens (including phenoxy) is 1. The molecule has 1 amide bonds. The highest BCUT2D eigenvalue weighted by molar-refractivity contribution is 6.05. The lowest BCUT2D eigenvalue weighted by molar-refractivity contribution is 0.0600. The van der Waals surface area contributed by atoms with E-state index in [9.17, 15) is 9.59 Å². The van der Waals surface area contributed by atoms with Crippen LogP contribution in [0.5, 0.6) is 0 Å². The van der Waals surface area contributed by atoms with Gasteiger partial charge in [-0.3, -0.25) is 9.78 Å². The number of benzene rings is 2. The minimum Gasteiger partial charge on any atom is -0.465 e. The molecule has 7 heteroatoms. The Morgan fingerprint density at radius 2 is 1.68 bits per heavy atom. The quantitative estimate of drug-likeness (QED) is 0.629. The van der Waals surface area contributed by atoms with Crippen LogP contribution >= 0.6 is 0 Å². The van der Waals surface area contributed by atoms with Gasteiger partial charge in [-0.05, 0) is 49.6 Å². The third kappa shape index (κ3) is 4.71. The molecular weight excluding hydrogens is 392 g/mol. The molecule has 1 aliphatic rings. The average molecular weight is 416 g/mol. The van der Waals surface area contributed by atoms with Crippen LogP contribution in [0.1, 0.15) is 40.0 Å². The molecule has 4 rings (SSSR count). The third-order valence-electron chi connectivity index (χ3n) is 5.30. The van der Waals surface area contributed by atoms with E-state index >= 15 is 0 Å². The molecule has 0 atom stereocenters. The highest BCUT2D eigenvalue weighted by atomic mass is 16.5. The SMILES string of the molecule is COC(=O)c1cccc(NC(=O)c2ccc(-c3nccnc3N3CCCCC3)cc2)c1. The van der Waals surface area contributed by atoms with E-state index in [0.29, 0.717) is 16.8 Å². The number of carbonyl (C=O) groups excluding carboxylic acids is 2. The van der Waals surface area contributed by atoms with Gasteiger partial charge in [0.2, 0.25) is 0 Å². The number of piperidine rings is 1. The van der Waals surface area contributed by atoms with Gasteiger partial charge >= 0.3 is 5.97 Å². The fourth-order valence-electron chi connectivity index (χ4n) is 3.70. The zero-order chi connectivity index (χ0) is 21.6. The maximum absolute atomic E-state index is 12.7. The van der Waals surface area contributed by atoms with Gasteiger partial charge in [0.1, 0.15) is 5.69 Å². The zero-order valence-corrected chi connectivity index (χ0v) is 17.4. The number of anilines is 2. The predicted octanol–water partition coefficient (Wildman–Crippen LogP) is 4.17. The first-order valence-corrected chi connectivity index (χ1v) is 10.3. The second-order valence-corrected chi connectivity index (χ2v) is 7.38. The maximum Gasteiger partial charge on any atom is 0.337 e. The van der Waals surface area contributed by atoms with E-state index in [0.717, 1.165) is 43.0 Å². The fourth-order valence-corrected chi connectivity index (χ4v) is 3.70. The van der Waals surface area contributed by atoms with Gasteiger partial charge in [0.05, 0.1) is 12.7 Å². The lowest BCUT2D eigenvalue weighted by atomic mass is 10.1. The van der Waals surface area contributed by atoms with Gasteiger partial charge in [0, 0.05) is 42.3 Å². The Morgan fingerprint density at radius 1 is 0.935 bits per heavy atom. The van der Waals surface area contributed by atoms with Crippen molar-refractivity contribution < 1.29 is 14.3 Å². The number of rotatable bonds is 5. The lowest BCUT2D eigenvalue weighted by Crippen LogP contribution is -2.30. The van der Waals surface area contributed by atoms with E-state index in [1.807, 2.05) is 12.1 Å². The molecule has 0 unspecified atom stereocenters. The van der Waals surface area contributed by atoms with E-state index in [1.165, 1.54) is 13.5 Å². The molecule has 1 N–H and O–H groups in total. The lowest BCUT2D eigenvalue weighted by Gasteiger charge is -2.28. The molecule has 3 aromatic rings. The van der Waals surface area contributed by atoms with Crippen LogP contribution in [0, 0.1) is 0 Å². The summed E-state index contributed by atoms with van der Waals surface area (Å²) in [5.41, 5.74) is 3.15. The first-order valence-electron chi connectivity index (χ1n) is 10.3. The van der Waals surface area contributed by atoms with Gasteiger partial charge in [-0.1, -0.05) is 18.2 Å².